The summed E-state index contributed by atoms with van der Waals surface area (Å²) in [5.74, 6) is 10.4. The van der Waals surface area contributed by atoms with Gasteiger partial charge in [0.15, 0.2) is 0 Å². The number of ether oxygens (including phenoxy) is 2. The zero-order valence-corrected chi connectivity index (χ0v) is 10.1. The topological polar surface area (TPSA) is 163 Å². The number of rotatable bonds is 9. The molecule has 0 aliphatic rings. The maximum absolute atomic E-state index is 10.5. The first-order chi connectivity index (χ1) is 8.45. The maximum Gasteiger partial charge on any atom is 0.328 e. The Hall–Kier alpha value is -1.62. The molecule has 0 bridgehead atoms. The largest absolute Gasteiger partial charge is 0.377 e. The summed E-state index contributed by atoms with van der Waals surface area (Å²) in [7, 11) is 0. The number of nitrogens with zero attached hydrogens (tertiary/aromatic N) is 2. The minimum Gasteiger partial charge on any atom is -0.377 e. The lowest BCUT2D eigenvalue weighted by molar-refractivity contribution is 0.0369. The number of hydrogen-bond donors (Lipinski definition) is 4. The van der Waals surface area contributed by atoms with Gasteiger partial charge in [0, 0.05) is 0 Å². The van der Waals surface area contributed by atoms with Crippen LogP contribution in [0.4, 0.5) is 9.59 Å². The number of carbonyl (C=O) groups is 2. The van der Waals surface area contributed by atoms with Crippen molar-refractivity contribution >= 4 is 12.1 Å². The fourth-order valence-electron chi connectivity index (χ4n) is 0.868. The van der Waals surface area contributed by atoms with Gasteiger partial charge in [-0.25, -0.2) is 21.3 Å². The molecule has 106 valence electrons. The number of hydrazine groups is 2. The highest BCUT2D eigenvalue weighted by molar-refractivity contribution is 5.71. The van der Waals surface area contributed by atoms with E-state index >= 15 is 0 Å². The molecule has 0 atom stereocenters. The minimum absolute atomic E-state index is 0.202. The zero-order valence-electron chi connectivity index (χ0n) is 10.1. The van der Waals surface area contributed by atoms with Gasteiger partial charge >= 0.3 is 12.1 Å². The molecule has 0 saturated carbocycles. The van der Waals surface area contributed by atoms with E-state index in [1.165, 1.54) is 0 Å². The second kappa shape index (κ2) is 9.41. The number of amides is 4. The standard InChI is InChI=1S/C8H20N6O4/c9-7(15)13(11)1-3-17-5-6-18-4-2-14(12)8(10)16/h1-6,11-12H2,(H2,9,15)(H2,10,16). The van der Waals surface area contributed by atoms with Crippen LogP contribution in [0.2, 0.25) is 0 Å². The van der Waals surface area contributed by atoms with E-state index < -0.39 is 12.1 Å². The van der Waals surface area contributed by atoms with Crippen molar-refractivity contribution in [1.29, 1.82) is 0 Å². The Morgan fingerprint density at radius 1 is 0.778 bits per heavy atom. The van der Waals surface area contributed by atoms with Crippen molar-refractivity contribution in [3.05, 3.63) is 0 Å². The molecule has 8 N–H and O–H groups in total. The van der Waals surface area contributed by atoms with Crippen LogP contribution in [-0.2, 0) is 9.47 Å². The molecule has 0 unspecified atom stereocenters. The second-order valence-corrected chi connectivity index (χ2v) is 3.29. The quantitative estimate of drug-likeness (QED) is 0.156. The first-order valence-corrected chi connectivity index (χ1v) is 5.24. The van der Waals surface area contributed by atoms with Crippen molar-refractivity contribution < 1.29 is 19.1 Å². The fourth-order valence-corrected chi connectivity index (χ4v) is 0.868. The van der Waals surface area contributed by atoms with E-state index in [1.54, 1.807) is 0 Å². The molecule has 0 heterocycles. The molecular formula is C8H20N6O4. The molecule has 0 fully saturated rings. The van der Waals surface area contributed by atoms with Gasteiger partial charge in [-0.2, -0.15) is 0 Å². The van der Waals surface area contributed by atoms with Crippen molar-refractivity contribution in [3.8, 4) is 0 Å². The summed E-state index contributed by atoms with van der Waals surface area (Å²) in [4.78, 5) is 21.0. The van der Waals surface area contributed by atoms with Gasteiger partial charge in [-0.15, -0.1) is 0 Å². The molecule has 0 saturated heterocycles. The normalized spacial score (nSPS) is 10.1. The van der Waals surface area contributed by atoms with Crippen LogP contribution in [0.3, 0.4) is 0 Å². The van der Waals surface area contributed by atoms with Crippen molar-refractivity contribution in [2.24, 2.45) is 23.2 Å². The van der Waals surface area contributed by atoms with Crippen LogP contribution in [0, 0.1) is 0 Å². The predicted octanol–water partition coefficient (Wildman–Crippen LogP) is -2.47. The van der Waals surface area contributed by atoms with Crippen LogP contribution in [0.15, 0.2) is 0 Å². The Kier molecular flexibility index (Phi) is 8.57. The Labute approximate surface area is 105 Å². The van der Waals surface area contributed by atoms with Gasteiger partial charge < -0.3 is 20.9 Å². The molecule has 0 aromatic heterocycles. The molecule has 10 heteroatoms. The lowest BCUT2D eigenvalue weighted by atomic mass is 10.6. The molecule has 0 aliphatic carbocycles. The van der Waals surface area contributed by atoms with E-state index in [0.717, 1.165) is 10.0 Å². The van der Waals surface area contributed by atoms with Gasteiger partial charge in [0.05, 0.1) is 39.5 Å². The van der Waals surface area contributed by atoms with Crippen LogP contribution >= 0.6 is 0 Å². The molecule has 18 heavy (non-hydrogen) atoms. The first kappa shape index (κ1) is 16.4. The van der Waals surface area contributed by atoms with Crippen LogP contribution in [-0.4, -0.2) is 61.6 Å². The number of hydrogen-bond acceptors (Lipinski definition) is 6. The Morgan fingerprint density at radius 3 is 1.39 bits per heavy atom. The second-order valence-electron chi connectivity index (χ2n) is 3.29. The molecular weight excluding hydrogens is 244 g/mol. The average Bonchev–Trinajstić information content (AvgIpc) is 2.31. The van der Waals surface area contributed by atoms with Gasteiger partial charge in [0.25, 0.3) is 0 Å². The lowest BCUT2D eigenvalue weighted by Crippen LogP contribution is -2.43. The van der Waals surface area contributed by atoms with Crippen LogP contribution in [0.1, 0.15) is 0 Å². The summed E-state index contributed by atoms with van der Waals surface area (Å²) in [5, 5.41) is 1.69. The highest BCUT2D eigenvalue weighted by Crippen LogP contribution is 1.83. The van der Waals surface area contributed by atoms with E-state index in [9.17, 15) is 9.59 Å². The molecule has 0 aromatic carbocycles. The van der Waals surface area contributed by atoms with Crippen molar-refractivity contribution in [3.63, 3.8) is 0 Å². The maximum atomic E-state index is 10.5. The van der Waals surface area contributed by atoms with Gasteiger partial charge in [0.1, 0.15) is 0 Å². The van der Waals surface area contributed by atoms with Crippen molar-refractivity contribution in [2.45, 2.75) is 0 Å². The van der Waals surface area contributed by atoms with E-state index in [4.69, 9.17) is 32.6 Å². The third-order valence-electron chi connectivity index (χ3n) is 1.89. The van der Waals surface area contributed by atoms with Crippen molar-refractivity contribution in [2.75, 3.05) is 39.5 Å². The highest BCUT2D eigenvalue weighted by atomic mass is 16.5. The molecule has 0 aromatic rings. The van der Waals surface area contributed by atoms with E-state index in [1.807, 2.05) is 0 Å². The van der Waals surface area contributed by atoms with Gasteiger partial charge in [-0.3, -0.25) is 10.0 Å². The van der Waals surface area contributed by atoms with Crippen LogP contribution < -0.4 is 23.2 Å². The van der Waals surface area contributed by atoms with Crippen LogP contribution in [0.25, 0.3) is 0 Å². The minimum atomic E-state index is -0.718. The van der Waals surface area contributed by atoms with E-state index in [0.29, 0.717) is 13.2 Å². The molecule has 0 radical (unpaired) electrons. The lowest BCUT2D eigenvalue weighted by Gasteiger charge is -2.14. The molecule has 0 aliphatic heterocycles. The summed E-state index contributed by atoms with van der Waals surface area (Å²) >= 11 is 0. The van der Waals surface area contributed by atoms with E-state index in [-0.39, 0.29) is 26.3 Å². The third kappa shape index (κ3) is 8.52. The predicted molar refractivity (Wildman–Crippen MR) is 62.6 cm³/mol. The number of carbonyl (C=O) groups excluding carboxylic acids is 2. The molecule has 10 nitrogen and oxygen atoms in total. The van der Waals surface area contributed by atoms with Crippen molar-refractivity contribution in [1.82, 2.24) is 10.0 Å². The first-order valence-electron chi connectivity index (χ1n) is 5.24. The number of nitrogens with two attached hydrogens (primary N) is 4. The number of primary amides is 2. The highest BCUT2D eigenvalue weighted by Gasteiger charge is 2.03. The molecule has 4 amide bonds. The summed E-state index contributed by atoms with van der Waals surface area (Å²) in [6, 6.07) is -1.44. The van der Waals surface area contributed by atoms with Gasteiger partial charge in [-0.1, -0.05) is 0 Å². The monoisotopic (exact) mass is 264 g/mol. The summed E-state index contributed by atoms with van der Waals surface area (Å²) in [6.45, 7) is 1.57. The zero-order chi connectivity index (χ0) is 14.0. The SMILES string of the molecule is NC(=O)N(N)CCOCCOCCN(N)C(N)=O. The van der Waals surface area contributed by atoms with Gasteiger partial charge in [0.2, 0.25) is 0 Å². The Morgan fingerprint density at radius 2 is 1.11 bits per heavy atom. The average molecular weight is 264 g/mol. The summed E-state index contributed by atoms with van der Waals surface area (Å²) in [5.41, 5.74) is 9.79. The van der Waals surface area contributed by atoms with E-state index in [2.05, 4.69) is 0 Å². The Balaban J connectivity index is 3.26. The van der Waals surface area contributed by atoms with Crippen LogP contribution in [0.5, 0.6) is 0 Å². The smallest absolute Gasteiger partial charge is 0.328 e. The molecule has 0 rings (SSSR count). The molecule has 0 spiro atoms. The summed E-state index contributed by atoms with van der Waals surface area (Å²) < 4.78 is 10.2. The Bertz CT molecular complexity index is 238. The summed E-state index contributed by atoms with van der Waals surface area (Å²) in [6.07, 6.45) is 0. The third-order valence-corrected chi connectivity index (χ3v) is 1.89. The fraction of sp³-hybridized carbons (Fsp3) is 0.750. The number of urea groups is 2. The van der Waals surface area contributed by atoms with Gasteiger partial charge in [-0.05, 0) is 0 Å².